The first-order valence-corrected chi connectivity index (χ1v) is 10.8. The summed E-state index contributed by atoms with van der Waals surface area (Å²) in [4.78, 5) is 27.9. The minimum absolute atomic E-state index is 0.0382. The maximum Gasteiger partial charge on any atom is 0.434 e. The van der Waals surface area contributed by atoms with E-state index in [0.717, 1.165) is 9.13 Å². The summed E-state index contributed by atoms with van der Waals surface area (Å²) >= 11 is 5.77. The third-order valence-electron chi connectivity index (χ3n) is 4.24. The highest BCUT2D eigenvalue weighted by atomic mass is 35.5. The predicted octanol–water partition coefficient (Wildman–Crippen LogP) is 1.34. The molecule has 0 saturated heterocycles. The van der Waals surface area contributed by atoms with Gasteiger partial charge in [0.1, 0.15) is 37.0 Å². The molecule has 2 heterocycles. The van der Waals surface area contributed by atoms with Crippen molar-refractivity contribution in [1.29, 1.82) is 0 Å². The first-order chi connectivity index (χ1) is 14.6. The molecular weight excluding hydrogens is 461 g/mol. The molecule has 172 valence electrons. The number of alkyl halides is 1. The second-order valence-corrected chi connectivity index (χ2v) is 8.51. The van der Waals surface area contributed by atoms with Gasteiger partial charge in [-0.05, 0) is 9.85 Å². The van der Waals surface area contributed by atoms with Gasteiger partial charge in [-0.25, -0.2) is 18.4 Å². The van der Waals surface area contributed by atoms with Crippen LogP contribution in [0.15, 0.2) is 12.4 Å². The Morgan fingerprint density at radius 2 is 1.52 bits per heavy atom. The quantitative estimate of drug-likeness (QED) is 0.188. The maximum absolute atomic E-state index is 13.5. The first-order valence-electron chi connectivity index (χ1n) is 8.76. The Labute approximate surface area is 181 Å². The molecule has 0 atom stereocenters. The van der Waals surface area contributed by atoms with Gasteiger partial charge in [0, 0.05) is 19.0 Å². The van der Waals surface area contributed by atoms with Gasteiger partial charge in [-0.15, -0.1) is 11.6 Å². The lowest BCUT2D eigenvalue weighted by Gasteiger charge is -2.28. The zero-order valence-electron chi connectivity index (χ0n) is 16.7. The summed E-state index contributed by atoms with van der Waals surface area (Å²) in [7, 11) is -1.30. The minimum atomic E-state index is -4.10. The van der Waals surface area contributed by atoms with Crippen LogP contribution in [0.4, 0.5) is 11.9 Å². The molecule has 0 aliphatic carbocycles. The summed E-state index contributed by atoms with van der Waals surface area (Å²) < 4.78 is 28.1. The number of aromatic nitrogens is 4. The predicted molar refractivity (Wildman–Crippen MR) is 106 cm³/mol. The summed E-state index contributed by atoms with van der Waals surface area (Å²) in [6, 6.07) is 0. The van der Waals surface area contributed by atoms with Crippen molar-refractivity contribution in [3.63, 3.8) is 0 Å². The van der Waals surface area contributed by atoms with Gasteiger partial charge in [-0.3, -0.25) is 9.05 Å². The van der Waals surface area contributed by atoms with Crippen molar-refractivity contribution in [3.8, 4) is 0 Å². The molecule has 2 aromatic heterocycles. The molecule has 0 aromatic carbocycles. The number of aliphatic hydroxyl groups is 1. The molecule has 0 unspecified atom stereocenters. The fourth-order valence-corrected chi connectivity index (χ4v) is 4.53. The largest absolute Gasteiger partial charge is 0.434 e. The van der Waals surface area contributed by atoms with Crippen molar-refractivity contribution in [1.82, 2.24) is 23.8 Å². The van der Waals surface area contributed by atoms with Crippen LogP contribution in [-0.4, -0.2) is 64.3 Å². The molecule has 17 heteroatoms. The van der Waals surface area contributed by atoms with Gasteiger partial charge in [0.25, 0.3) is 0 Å². The average Bonchev–Trinajstić information content (AvgIpc) is 3.27. The molecule has 0 radical (unpaired) electrons. The summed E-state index contributed by atoms with van der Waals surface area (Å²) in [5, 5.41) is 31.2. The molecule has 2 aromatic rings. The topological polar surface area (TPSA) is 181 Å². The number of imidazole rings is 2. The second kappa shape index (κ2) is 10.7. The Kier molecular flexibility index (Phi) is 8.61. The van der Waals surface area contributed by atoms with E-state index in [0.29, 0.717) is 0 Å². The van der Waals surface area contributed by atoms with Crippen LogP contribution < -0.4 is 0 Å². The van der Waals surface area contributed by atoms with E-state index in [2.05, 4.69) is 9.97 Å². The summed E-state index contributed by atoms with van der Waals surface area (Å²) in [5.74, 6) is -0.806. The monoisotopic (exact) mass is 481 g/mol. The van der Waals surface area contributed by atoms with E-state index in [1.807, 2.05) is 0 Å². The van der Waals surface area contributed by atoms with E-state index in [9.17, 15) is 29.9 Å². The molecule has 0 bridgehead atoms. The molecule has 31 heavy (non-hydrogen) atoms. The molecular formula is C14H21ClN7O8P. The number of nitrogens with zero attached hydrogens (tertiary/aromatic N) is 7. The van der Waals surface area contributed by atoms with Crippen LogP contribution in [0.25, 0.3) is 0 Å². The SMILES string of the molecule is Cn1c(COP(=O)(OCc2cnc([N+](=O)[O-])n2C)N(CCO)CCCl)cnc1[N+](=O)[O-]. The maximum atomic E-state index is 13.5. The molecule has 0 amide bonds. The fourth-order valence-electron chi connectivity index (χ4n) is 2.54. The summed E-state index contributed by atoms with van der Waals surface area (Å²) in [5.41, 5.74) is 0.503. The average molecular weight is 482 g/mol. The van der Waals surface area contributed by atoms with Crippen molar-refractivity contribution in [2.75, 3.05) is 25.6 Å². The minimum Gasteiger partial charge on any atom is -0.395 e. The highest BCUT2D eigenvalue weighted by Gasteiger charge is 2.35. The number of hydrogen-bond donors (Lipinski definition) is 1. The van der Waals surface area contributed by atoms with Crippen LogP contribution in [0.3, 0.4) is 0 Å². The molecule has 0 aliphatic rings. The van der Waals surface area contributed by atoms with Gasteiger partial charge in [0.15, 0.2) is 0 Å². The Hall–Kier alpha value is -2.42. The van der Waals surface area contributed by atoms with Crippen LogP contribution in [0.1, 0.15) is 11.4 Å². The van der Waals surface area contributed by atoms with Gasteiger partial charge in [0.2, 0.25) is 0 Å². The lowest BCUT2D eigenvalue weighted by atomic mass is 10.5. The number of rotatable bonds is 13. The fraction of sp³-hybridized carbons (Fsp3) is 0.571. The third-order valence-corrected chi connectivity index (χ3v) is 6.42. The van der Waals surface area contributed by atoms with Crippen LogP contribution in [0, 0.1) is 20.2 Å². The molecule has 0 aliphatic heterocycles. The number of aliphatic hydroxyl groups excluding tert-OH is 1. The van der Waals surface area contributed by atoms with Crippen molar-refractivity contribution in [2.24, 2.45) is 14.1 Å². The molecule has 2 rings (SSSR count). The number of hydrogen-bond acceptors (Lipinski definition) is 10. The van der Waals surface area contributed by atoms with Crippen LogP contribution in [-0.2, 0) is 40.9 Å². The summed E-state index contributed by atoms with van der Waals surface area (Å²) in [6.07, 6.45) is 2.40. The number of nitro groups is 2. The first kappa shape index (κ1) is 24.8. The zero-order chi connectivity index (χ0) is 23.2. The van der Waals surface area contributed by atoms with Gasteiger partial charge in [-0.2, -0.15) is 0 Å². The van der Waals surface area contributed by atoms with E-state index in [1.54, 1.807) is 0 Å². The lowest BCUT2D eigenvalue weighted by molar-refractivity contribution is -0.396. The summed E-state index contributed by atoms with van der Waals surface area (Å²) in [6.45, 7) is -1.14. The van der Waals surface area contributed by atoms with Crippen molar-refractivity contribution >= 4 is 31.2 Å². The van der Waals surface area contributed by atoms with Crippen molar-refractivity contribution < 1.29 is 28.6 Å². The molecule has 15 nitrogen and oxygen atoms in total. The molecule has 0 fully saturated rings. The normalized spacial score (nSPS) is 11.9. The van der Waals surface area contributed by atoms with Crippen molar-refractivity contribution in [3.05, 3.63) is 44.0 Å². The Bertz CT molecular complexity index is 908. The number of halogens is 1. The Morgan fingerprint density at radius 1 is 1.06 bits per heavy atom. The van der Waals surface area contributed by atoms with Crippen molar-refractivity contribution in [2.45, 2.75) is 13.2 Å². The van der Waals surface area contributed by atoms with Crippen LogP contribution in [0.5, 0.6) is 0 Å². The molecule has 1 N–H and O–H groups in total. The van der Waals surface area contributed by atoms with E-state index in [-0.39, 0.29) is 50.2 Å². The van der Waals surface area contributed by atoms with Gasteiger partial charge >= 0.3 is 19.6 Å². The Morgan fingerprint density at radius 3 is 1.84 bits per heavy atom. The van der Waals surface area contributed by atoms with E-state index < -0.39 is 29.5 Å². The van der Waals surface area contributed by atoms with E-state index >= 15 is 0 Å². The Balaban J connectivity index is 2.25. The van der Waals surface area contributed by atoms with E-state index in [1.165, 1.54) is 31.2 Å². The zero-order valence-corrected chi connectivity index (χ0v) is 18.3. The standard InChI is InChI=1S/C14H21ClN7O8P/c1-18-11(7-16-13(18)21(24)25)9-29-31(28,20(4-3-15)5-6-23)30-10-12-8-17-14(19(12)2)22(26)27/h7-8,23H,3-6,9-10H2,1-2H3. The van der Waals surface area contributed by atoms with Gasteiger partial charge < -0.3 is 25.3 Å². The van der Waals surface area contributed by atoms with Crippen LogP contribution in [0.2, 0.25) is 0 Å². The van der Waals surface area contributed by atoms with E-state index in [4.69, 9.17) is 20.6 Å². The highest BCUT2D eigenvalue weighted by molar-refractivity contribution is 7.51. The lowest BCUT2D eigenvalue weighted by Crippen LogP contribution is -2.28. The van der Waals surface area contributed by atoms with Gasteiger partial charge in [-0.1, -0.05) is 9.97 Å². The third kappa shape index (κ3) is 5.84. The van der Waals surface area contributed by atoms with Gasteiger partial charge in [0.05, 0.1) is 20.7 Å². The smallest absolute Gasteiger partial charge is 0.395 e. The van der Waals surface area contributed by atoms with Crippen LogP contribution >= 0.6 is 19.3 Å². The highest BCUT2D eigenvalue weighted by Crippen LogP contribution is 2.53. The second-order valence-electron chi connectivity index (χ2n) is 6.11. The molecule has 0 spiro atoms. The molecule has 0 saturated carbocycles.